The number of aromatic nitrogens is 1. The lowest BCUT2D eigenvalue weighted by atomic mass is 10.1. The van der Waals surface area contributed by atoms with E-state index in [1.165, 1.54) is 6.42 Å². The van der Waals surface area contributed by atoms with Gasteiger partial charge in [-0.1, -0.05) is 36.5 Å². The standard InChI is InChI=1S/C26H29Cl2N3O4S/c1-3-15-36(33,34)35-21-10-8-20(9-11-21)31-18(2)23(26(32)29-30-13-5-4-6-14-30)17-25(31)22-12-7-19(27)16-24(22)28/h7-12,16-17H,3-6,13-15H2,1-2H3,(H,29,32). The first-order valence-corrected chi connectivity index (χ1v) is 14.3. The number of nitrogens with zero attached hydrogens (tertiary/aromatic N) is 2. The summed E-state index contributed by atoms with van der Waals surface area (Å²) in [5, 5.41) is 2.92. The van der Waals surface area contributed by atoms with E-state index < -0.39 is 10.1 Å². The van der Waals surface area contributed by atoms with E-state index >= 15 is 0 Å². The highest BCUT2D eigenvalue weighted by Crippen LogP contribution is 2.35. The summed E-state index contributed by atoms with van der Waals surface area (Å²) in [6.07, 6.45) is 3.74. The number of rotatable bonds is 8. The van der Waals surface area contributed by atoms with Crippen LogP contribution < -0.4 is 9.61 Å². The maximum atomic E-state index is 13.3. The van der Waals surface area contributed by atoms with Crippen LogP contribution in [-0.4, -0.2) is 42.7 Å². The van der Waals surface area contributed by atoms with Gasteiger partial charge in [0.2, 0.25) is 0 Å². The summed E-state index contributed by atoms with van der Waals surface area (Å²) < 4.78 is 31.2. The fraction of sp³-hybridized carbons (Fsp3) is 0.346. The Morgan fingerprint density at radius 3 is 2.36 bits per heavy atom. The second-order valence-electron chi connectivity index (χ2n) is 8.82. The fourth-order valence-corrected chi connectivity index (χ4v) is 5.86. The summed E-state index contributed by atoms with van der Waals surface area (Å²) in [6, 6.07) is 13.8. The van der Waals surface area contributed by atoms with E-state index in [9.17, 15) is 13.2 Å². The van der Waals surface area contributed by atoms with E-state index in [-0.39, 0.29) is 17.4 Å². The van der Waals surface area contributed by atoms with E-state index in [2.05, 4.69) is 5.43 Å². The lowest BCUT2D eigenvalue weighted by Crippen LogP contribution is -2.45. The average Bonchev–Trinajstić information content (AvgIpc) is 3.17. The van der Waals surface area contributed by atoms with Crippen LogP contribution in [0, 0.1) is 6.92 Å². The van der Waals surface area contributed by atoms with Gasteiger partial charge in [-0.3, -0.25) is 10.2 Å². The maximum absolute atomic E-state index is 13.3. The third kappa shape index (κ3) is 6.06. The van der Waals surface area contributed by atoms with Gasteiger partial charge in [0.15, 0.2) is 0 Å². The molecule has 2 aromatic carbocycles. The lowest BCUT2D eigenvalue weighted by molar-refractivity contribution is 0.0749. The number of hydrogen-bond acceptors (Lipinski definition) is 5. The number of piperidine rings is 1. The van der Waals surface area contributed by atoms with Crippen LogP contribution in [-0.2, 0) is 10.1 Å². The topological polar surface area (TPSA) is 80.6 Å². The van der Waals surface area contributed by atoms with Gasteiger partial charge in [0.25, 0.3) is 5.91 Å². The predicted molar refractivity (Wildman–Crippen MR) is 144 cm³/mol. The first kappa shape index (κ1) is 26.5. The molecule has 0 bridgehead atoms. The molecule has 1 aromatic heterocycles. The van der Waals surface area contributed by atoms with E-state index in [4.69, 9.17) is 27.4 Å². The van der Waals surface area contributed by atoms with Gasteiger partial charge in [0.05, 0.1) is 22.0 Å². The predicted octanol–water partition coefficient (Wildman–Crippen LogP) is 6.01. The smallest absolute Gasteiger partial charge is 0.309 e. The minimum absolute atomic E-state index is 0.0554. The number of halogens is 2. The summed E-state index contributed by atoms with van der Waals surface area (Å²) in [5.41, 5.74) is 6.43. The SMILES string of the molecule is CCCS(=O)(=O)Oc1ccc(-n2c(-c3ccc(Cl)cc3Cl)cc(C(=O)NN3CCCCC3)c2C)cc1. The molecular weight excluding hydrogens is 521 g/mol. The Morgan fingerprint density at radius 2 is 1.72 bits per heavy atom. The molecule has 36 heavy (non-hydrogen) atoms. The fourth-order valence-electron chi connectivity index (χ4n) is 4.36. The summed E-state index contributed by atoms with van der Waals surface area (Å²) in [4.78, 5) is 13.3. The van der Waals surface area contributed by atoms with Crippen molar-refractivity contribution in [1.82, 2.24) is 15.0 Å². The van der Waals surface area contributed by atoms with Gasteiger partial charge >= 0.3 is 10.1 Å². The van der Waals surface area contributed by atoms with Crippen molar-refractivity contribution in [2.75, 3.05) is 18.8 Å². The molecule has 0 radical (unpaired) electrons. The van der Waals surface area contributed by atoms with E-state index in [1.54, 1.807) is 43.3 Å². The highest BCUT2D eigenvalue weighted by atomic mass is 35.5. The number of amides is 1. The summed E-state index contributed by atoms with van der Waals surface area (Å²) in [6.45, 7) is 5.30. The first-order valence-electron chi connectivity index (χ1n) is 11.9. The van der Waals surface area contributed by atoms with Gasteiger partial charge in [-0.15, -0.1) is 0 Å². The van der Waals surface area contributed by atoms with Crippen molar-refractivity contribution in [3.05, 3.63) is 69.8 Å². The summed E-state index contributed by atoms with van der Waals surface area (Å²) in [7, 11) is -3.65. The largest absolute Gasteiger partial charge is 0.382 e. The number of hydrogen-bond donors (Lipinski definition) is 1. The number of carbonyl (C=O) groups excluding carboxylic acids is 1. The molecule has 3 aromatic rings. The van der Waals surface area contributed by atoms with Crippen molar-refractivity contribution in [3.63, 3.8) is 0 Å². The Labute approximate surface area is 222 Å². The highest BCUT2D eigenvalue weighted by Gasteiger charge is 2.23. The molecule has 2 heterocycles. The highest BCUT2D eigenvalue weighted by molar-refractivity contribution is 7.87. The second kappa shape index (κ2) is 11.3. The number of hydrazine groups is 1. The molecular formula is C26H29Cl2N3O4S. The molecule has 4 rings (SSSR count). The van der Waals surface area contributed by atoms with Crippen molar-refractivity contribution in [2.24, 2.45) is 0 Å². The van der Waals surface area contributed by atoms with Crippen molar-refractivity contribution in [2.45, 2.75) is 39.5 Å². The van der Waals surface area contributed by atoms with Crippen molar-refractivity contribution < 1.29 is 17.4 Å². The third-order valence-electron chi connectivity index (χ3n) is 6.09. The van der Waals surface area contributed by atoms with Gasteiger partial charge in [-0.2, -0.15) is 8.42 Å². The van der Waals surface area contributed by atoms with E-state index in [0.717, 1.165) is 37.3 Å². The zero-order chi connectivity index (χ0) is 25.9. The Hall–Kier alpha value is -2.52. The number of nitrogens with one attached hydrogen (secondary N) is 1. The van der Waals surface area contributed by atoms with Crippen LogP contribution >= 0.6 is 23.2 Å². The number of carbonyl (C=O) groups is 1. The van der Waals surface area contributed by atoms with Gasteiger partial charge in [-0.05, 0) is 74.7 Å². The molecule has 7 nitrogen and oxygen atoms in total. The monoisotopic (exact) mass is 549 g/mol. The van der Waals surface area contributed by atoms with Crippen molar-refractivity contribution >= 4 is 39.2 Å². The van der Waals surface area contributed by atoms with Crippen LogP contribution in [0.15, 0.2) is 48.5 Å². The summed E-state index contributed by atoms with van der Waals surface area (Å²) in [5.74, 6) is -0.0172. The second-order valence-corrected chi connectivity index (χ2v) is 11.3. The number of benzene rings is 2. The van der Waals surface area contributed by atoms with Gasteiger partial charge in [0.1, 0.15) is 5.75 Å². The Kier molecular flexibility index (Phi) is 8.30. The van der Waals surface area contributed by atoms with Crippen LogP contribution in [0.5, 0.6) is 5.75 Å². The minimum atomic E-state index is -3.65. The lowest BCUT2D eigenvalue weighted by Gasteiger charge is -2.26. The third-order valence-corrected chi connectivity index (χ3v) is 7.99. The zero-order valence-electron chi connectivity index (χ0n) is 20.3. The van der Waals surface area contributed by atoms with Crippen molar-refractivity contribution in [1.29, 1.82) is 0 Å². The Bertz CT molecular complexity index is 1350. The molecule has 1 fully saturated rings. The molecule has 10 heteroatoms. The van der Waals surface area contributed by atoms with Crippen LogP contribution in [0.1, 0.15) is 48.7 Å². The molecule has 0 atom stereocenters. The zero-order valence-corrected chi connectivity index (χ0v) is 22.6. The minimum Gasteiger partial charge on any atom is -0.382 e. The molecule has 0 spiro atoms. The van der Waals surface area contributed by atoms with Gasteiger partial charge in [0, 0.05) is 35.1 Å². The van der Waals surface area contributed by atoms with Crippen molar-refractivity contribution in [3.8, 4) is 22.7 Å². The van der Waals surface area contributed by atoms with Crippen LogP contribution in [0.4, 0.5) is 0 Å². The van der Waals surface area contributed by atoms with Gasteiger partial charge in [-0.25, -0.2) is 5.01 Å². The Balaban J connectivity index is 1.74. The molecule has 1 N–H and O–H groups in total. The normalized spacial score (nSPS) is 14.6. The van der Waals surface area contributed by atoms with Crippen LogP contribution in [0.25, 0.3) is 16.9 Å². The molecule has 0 aliphatic carbocycles. The van der Waals surface area contributed by atoms with Crippen LogP contribution in [0.3, 0.4) is 0 Å². The quantitative estimate of drug-likeness (QED) is 0.348. The summed E-state index contributed by atoms with van der Waals surface area (Å²) >= 11 is 12.7. The molecule has 1 saturated heterocycles. The molecule has 1 amide bonds. The first-order chi connectivity index (χ1) is 17.2. The molecule has 1 aliphatic heterocycles. The van der Waals surface area contributed by atoms with E-state index in [0.29, 0.717) is 33.3 Å². The molecule has 1 aliphatic rings. The van der Waals surface area contributed by atoms with Gasteiger partial charge < -0.3 is 8.75 Å². The molecule has 0 unspecified atom stereocenters. The maximum Gasteiger partial charge on any atom is 0.309 e. The average molecular weight is 551 g/mol. The van der Waals surface area contributed by atoms with E-state index in [1.807, 2.05) is 28.6 Å². The van der Waals surface area contributed by atoms with Crippen LogP contribution in [0.2, 0.25) is 10.0 Å². The molecule has 0 saturated carbocycles. The Morgan fingerprint density at radius 1 is 1.03 bits per heavy atom. The molecule has 192 valence electrons.